The Morgan fingerprint density at radius 3 is 2.58 bits per heavy atom. The molecule has 3 rings (SSSR count). The third kappa shape index (κ3) is 1.92. The van der Waals surface area contributed by atoms with Crippen molar-refractivity contribution in [3.8, 4) is 0 Å². The molecule has 0 radical (unpaired) electrons. The van der Waals surface area contributed by atoms with Crippen LogP contribution in [-0.4, -0.2) is 25.4 Å². The predicted molar refractivity (Wildman–Crippen MR) is 75.8 cm³/mol. The molecule has 0 fully saturated rings. The molecule has 1 aromatic carbocycles. The maximum absolute atomic E-state index is 12.4. The van der Waals surface area contributed by atoms with Crippen LogP contribution in [0, 0.1) is 0 Å². The highest BCUT2D eigenvalue weighted by Gasteiger charge is 2.31. The number of anilines is 2. The van der Waals surface area contributed by atoms with E-state index in [0.29, 0.717) is 4.88 Å². The topological polar surface area (TPSA) is 40.6 Å². The number of para-hydroxylation sites is 2. The summed E-state index contributed by atoms with van der Waals surface area (Å²) in [5.41, 5.74) is 1.55. The number of fused-ring (bicyclic) bond motifs is 1. The number of thiophene rings is 1. The molecule has 0 N–H and O–H groups in total. The first-order chi connectivity index (χ1) is 9.18. The molecule has 0 spiro atoms. The fourth-order valence-electron chi connectivity index (χ4n) is 2.15. The number of benzene rings is 1. The third-order valence-electron chi connectivity index (χ3n) is 3.18. The van der Waals surface area contributed by atoms with Crippen molar-refractivity contribution in [2.45, 2.75) is 0 Å². The summed E-state index contributed by atoms with van der Waals surface area (Å²) in [6, 6.07) is 11.1. The smallest absolute Gasteiger partial charge is 0.268 e. The number of nitrogens with zero attached hydrogens (tertiary/aromatic N) is 2. The van der Waals surface area contributed by atoms with E-state index >= 15 is 0 Å². The van der Waals surface area contributed by atoms with Gasteiger partial charge in [0.25, 0.3) is 5.91 Å². The molecule has 2 heterocycles. The van der Waals surface area contributed by atoms with E-state index in [4.69, 9.17) is 0 Å². The summed E-state index contributed by atoms with van der Waals surface area (Å²) in [4.78, 5) is 28.2. The van der Waals surface area contributed by atoms with Gasteiger partial charge in [-0.25, -0.2) is 0 Å². The zero-order valence-corrected chi connectivity index (χ0v) is 11.2. The van der Waals surface area contributed by atoms with E-state index < -0.39 is 0 Å². The molecule has 2 aromatic rings. The largest absolute Gasteiger partial charge is 0.312 e. The Morgan fingerprint density at radius 1 is 1.16 bits per heavy atom. The van der Waals surface area contributed by atoms with Crippen molar-refractivity contribution in [3.63, 3.8) is 0 Å². The van der Waals surface area contributed by atoms with Crippen LogP contribution in [0.3, 0.4) is 0 Å². The molecule has 0 aliphatic carbocycles. The van der Waals surface area contributed by atoms with E-state index in [1.807, 2.05) is 35.7 Å². The number of hydrogen-bond donors (Lipinski definition) is 0. The molecule has 96 valence electrons. The van der Waals surface area contributed by atoms with E-state index in [1.54, 1.807) is 22.9 Å². The molecule has 2 amide bonds. The molecule has 0 unspecified atom stereocenters. The highest BCUT2D eigenvalue weighted by atomic mass is 32.1. The summed E-state index contributed by atoms with van der Waals surface area (Å²) < 4.78 is 0. The van der Waals surface area contributed by atoms with Crippen molar-refractivity contribution in [1.82, 2.24) is 0 Å². The van der Waals surface area contributed by atoms with Gasteiger partial charge in [-0.05, 0) is 23.6 Å². The van der Waals surface area contributed by atoms with Crippen molar-refractivity contribution >= 4 is 34.5 Å². The number of hydrogen-bond acceptors (Lipinski definition) is 3. The highest BCUT2D eigenvalue weighted by molar-refractivity contribution is 7.12. The number of rotatable bonds is 1. The zero-order chi connectivity index (χ0) is 13.4. The number of likely N-dealkylation sites (N-methyl/N-ethyl adjacent to an activating group) is 1. The Kier molecular flexibility index (Phi) is 2.83. The lowest BCUT2D eigenvalue weighted by Gasteiger charge is -2.33. The van der Waals surface area contributed by atoms with Crippen LogP contribution in [0.4, 0.5) is 11.4 Å². The third-order valence-corrected chi connectivity index (χ3v) is 4.04. The van der Waals surface area contributed by atoms with Gasteiger partial charge in [0.15, 0.2) is 0 Å². The summed E-state index contributed by atoms with van der Waals surface area (Å²) in [6.45, 7) is 0.0875. The van der Waals surface area contributed by atoms with Gasteiger partial charge in [0.05, 0.1) is 16.3 Å². The average Bonchev–Trinajstić information content (AvgIpc) is 2.96. The molecule has 0 atom stereocenters. The van der Waals surface area contributed by atoms with E-state index in [-0.39, 0.29) is 18.4 Å². The standard InChI is InChI=1S/C14H12N2O2S/c1-15-10-5-2-3-6-11(10)16(9-13(15)17)14(18)12-7-4-8-19-12/h2-8H,9H2,1H3. The normalized spacial score (nSPS) is 14.5. The lowest BCUT2D eigenvalue weighted by Crippen LogP contribution is -2.46. The first-order valence-corrected chi connectivity index (χ1v) is 6.77. The van der Waals surface area contributed by atoms with E-state index in [2.05, 4.69) is 0 Å². The van der Waals surface area contributed by atoms with Crippen LogP contribution in [0.15, 0.2) is 41.8 Å². The van der Waals surface area contributed by atoms with E-state index in [0.717, 1.165) is 11.4 Å². The van der Waals surface area contributed by atoms with Gasteiger partial charge in [0.1, 0.15) is 6.54 Å². The average molecular weight is 272 g/mol. The monoisotopic (exact) mass is 272 g/mol. The van der Waals surface area contributed by atoms with Gasteiger partial charge < -0.3 is 4.90 Å². The summed E-state index contributed by atoms with van der Waals surface area (Å²) in [5, 5.41) is 1.86. The maximum atomic E-state index is 12.4. The second-order valence-corrected chi connectivity index (χ2v) is 5.26. The Balaban J connectivity index is 2.06. The number of carbonyl (C=O) groups excluding carboxylic acids is 2. The number of amides is 2. The molecular weight excluding hydrogens is 260 g/mol. The molecule has 1 aromatic heterocycles. The zero-order valence-electron chi connectivity index (χ0n) is 10.4. The SMILES string of the molecule is CN1C(=O)CN(C(=O)c2cccs2)c2ccccc21. The molecule has 5 heteroatoms. The lowest BCUT2D eigenvalue weighted by atomic mass is 10.1. The van der Waals surface area contributed by atoms with Crippen LogP contribution in [0.1, 0.15) is 9.67 Å². The Hall–Kier alpha value is -2.14. The molecule has 1 aliphatic heterocycles. The van der Waals surface area contributed by atoms with Crippen LogP contribution in [-0.2, 0) is 4.79 Å². The van der Waals surface area contributed by atoms with Crippen LogP contribution < -0.4 is 9.80 Å². The van der Waals surface area contributed by atoms with Crippen molar-refractivity contribution < 1.29 is 9.59 Å². The first-order valence-electron chi connectivity index (χ1n) is 5.89. The second kappa shape index (κ2) is 4.51. The predicted octanol–water partition coefficient (Wildman–Crippen LogP) is 2.37. The minimum atomic E-state index is -0.121. The molecule has 0 bridgehead atoms. The van der Waals surface area contributed by atoms with Crippen molar-refractivity contribution in [2.24, 2.45) is 0 Å². The summed E-state index contributed by atoms with van der Waals surface area (Å²) in [5.74, 6) is -0.201. The van der Waals surface area contributed by atoms with Gasteiger partial charge in [-0.3, -0.25) is 14.5 Å². The van der Waals surface area contributed by atoms with Crippen LogP contribution >= 0.6 is 11.3 Å². The lowest BCUT2D eigenvalue weighted by molar-refractivity contribution is -0.117. The molecular formula is C14H12N2O2S. The fraction of sp³-hybridized carbons (Fsp3) is 0.143. The molecule has 0 saturated heterocycles. The molecule has 0 saturated carbocycles. The van der Waals surface area contributed by atoms with Gasteiger partial charge in [0, 0.05) is 7.05 Å². The van der Waals surface area contributed by atoms with Crippen molar-refractivity contribution in [3.05, 3.63) is 46.7 Å². The van der Waals surface area contributed by atoms with Gasteiger partial charge >= 0.3 is 0 Å². The molecule has 4 nitrogen and oxygen atoms in total. The minimum Gasteiger partial charge on any atom is -0.312 e. The minimum absolute atomic E-state index is 0.0800. The van der Waals surface area contributed by atoms with Crippen LogP contribution in [0.5, 0.6) is 0 Å². The van der Waals surface area contributed by atoms with Gasteiger partial charge in [-0.15, -0.1) is 11.3 Å². The van der Waals surface area contributed by atoms with Gasteiger partial charge in [-0.2, -0.15) is 0 Å². The molecule has 1 aliphatic rings. The summed E-state index contributed by atoms with van der Waals surface area (Å²) in [6.07, 6.45) is 0. The second-order valence-electron chi connectivity index (χ2n) is 4.31. The quantitative estimate of drug-likeness (QED) is 0.799. The first kappa shape index (κ1) is 11.9. The van der Waals surface area contributed by atoms with Crippen LogP contribution in [0.25, 0.3) is 0 Å². The van der Waals surface area contributed by atoms with Crippen LogP contribution in [0.2, 0.25) is 0 Å². The Bertz CT molecular complexity index is 637. The Morgan fingerprint density at radius 2 is 1.89 bits per heavy atom. The molecule has 19 heavy (non-hydrogen) atoms. The van der Waals surface area contributed by atoms with Crippen molar-refractivity contribution in [2.75, 3.05) is 23.4 Å². The Labute approximate surface area is 114 Å². The fourth-order valence-corrected chi connectivity index (χ4v) is 2.82. The van der Waals surface area contributed by atoms with Crippen molar-refractivity contribution in [1.29, 1.82) is 0 Å². The summed E-state index contributed by atoms with van der Waals surface area (Å²) >= 11 is 1.39. The van der Waals surface area contributed by atoms with Gasteiger partial charge in [0.2, 0.25) is 5.91 Å². The van der Waals surface area contributed by atoms with Gasteiger partial charge in [-0.1, -0.05) is 18.2 Å². The number of carbonyl (C=O) groups is 2. The summed E-state index contributed by atoms with van der Waals surface area (Å²) in [7, 11) is 1.73. The highest BCUT2D eigenvalue weighted by Crippen LogP contribution is 2.33. The van der Waals surface area contributed by atoms with E-state index in [1.165, 1.54) is 11.3 Å². The maximum Gasteiger partial charge on any atom is 0.268 e. The van der Waals surface area contributed by atoms with E-state index in [9.17, 15) is 9.59 Å².